The number of rotatable bonds is 10. The number of anilines is 2. The van der Waals surface area contributed by atoms with Gasteiger partial charge in [0.15, 0.2) is 5.75 Å². The first-order valence-corrected chi connectivity index (χ1v) is 17.9. The summed E-state index contributed by atoms with van der Waals surface area (Å²) >= 11 is 0. The van der Waals surface area contributed by atoms with Gasteiger partial charge in [0.2, 0.25) is 10.0 Å². The number of fused-ring (bicyclic) bond motifs is 1. The van der Waals surface area contributed by atoms with Crippen LogP contribution in [0.3, 0.4) is 0 Å². The average molecular weight is 698 g/mol. The van der Waals surface area contributed by atoms with Gasteiger partial charge < -0.3 is 19.1 Å². The lowest BCUT2D eigenvalue weighted by molar-refractivity contribution is -0.114. The number of ketones is 1. The van der Waals surface area contributed by atoms with Gasteiger partial charge >= 0.3 is 12.0 Å². The summed E-state index contributed by atoms with van der Waals surface area (Å²) in [6.07, 6.45) is 0.685. The zero-order valence-corrected chi connectivity index (χ0v) is 30.3. The molecule has 3 aromatic carbocycles. The third kappa shape index (κ3) is 9.40. The van der Waals surface area contributed by atoms with Gasteiger partial charge in [-0.3, -0.25) is 19.2 Å². The number of hydrogen-bond donors (Lipinski definition) is 2. The Balaban J connectivity index is 1.51. The van der Waals surface area contributed by atoms with E-state index < -0.39 is 32.7 Å². The molecule has 13 nitrogen and oxygen atoms in total. The molecular weight excluding hydrogens is 650 g/mol. The summed E-state index contributed by atoms with van der Waals surface area (Å²) < 4.78 is 43.8. The standard InChI is InChI=1S/C35H47N5O8S/c1-34(2,3)23-21-27(37-49(8,44)45)31(46-7)28(22-23)40(36)32(42)30(41)26-13-14-29(25-12-10-9-11-24(25)26)47-20-19-38-15-17-39(18-16-38)33(43)48-35(4,5)6/h9-14,21-22,37H,15-20,36H2,1-8H3. The summed E-state index contributed by atoms with van der Waals surface area (Å²) in [4.78, 5) is 43.7. The van der Waals surface area contributed by atoms with Crippen molar-refractivity contribution in [2.24, 2.45) is 5.84 Å². The van der Waals surface area contributed by atoms with E-state index in [1.54, 1.807) is 35.2 Å². The number of benzene rings is 3. The highest BCUT2D eigenvalue weighted by molar-refractivity contribution is 7.92. The number of hydrogen-bond acceptors (Lipinski definition) is 10. The topological polar surface area (TPSA) is 161 Å². The van der Waals surface area contributed by atoms with Gasteiger partial charge in [-0.1, -0.05) is 45.0 Å². The third-order valence-electron chi connectivity index (χ3n) is 7.93. The number of amides is 2. The number of nitrogens with zero attached hydrogens (tertiary/aromatic N) is 3. The molecule has 0 atom stereocenters. The van der Waals surface area contributed by atoms with Crippen LogP contribution in [0.25, 0.3) is 10.8 Å². The SMILES string of the molecule is COc1c(NS(C)(=O)=O)cc(C(C)(C)C)cc1N(N)C(=O)C(=O)c1ccc(OCCN2CCN(C(=O)OC(C)(C)C)CC2)c2ccccc12. The number of methoxy groups -OCH3 is 1. The van der Waals surface area contributed by atoms with Crippen LogP contribution >= 0.6 is 0 Å². The van der Waals surface area contributed by atoms with Crippen molar-refractivity contribution in [3.05, 3.63) is 59.7 Å². The van der Waals surface area contributed by atoms with E-state index in [4.69, 9.17) is 20.1 Å². The zero-order chi connectivity index (χ0) is 36.3. The smallest absolute Gasteiger partial charge is 0.410 e. The first-order valence-electron chi connectivity index (χ1n) is 16.0. The van der Waals surface area contributed by atoms with Crippen molar-refractivity contribution >= 4 is 50.0 Å². The highest BCUT2D eigenvalue weighted by atomic mass is 32.2. The summed E-state index contributed by atoms with van der Waals surface area (Å²) in [6.45, 7) is 14.8. The summed E-state index contributed by atoms with van der Waals surface area (Å²) in [5, 5.41) is 1.84. The number of piperazine rings is 1. The van der Waals surface area contributed by atoms with Gasteiger partial charge in [0, 0.05) is 43.7 Å². The number of nitrogens with two attached hydrogens (primary N) is 1. The van der Waals surface area contributed by atoms with Gasteiger partial charge in [-0.05, 0) is 61.4 Å². The number of nitrogens with one attached hydrogen (secondary N) is 1. The van der Waals surface area contributed by atoms with Gasteiger partial charge in [0.25, 0.3) is 5.78 Å². The molecule has 0 saturated carbocycles. The van der Waals surface area contributed by atoms with Crippen LogP contribution in [0.1, 0.15) is 57.5 Å². The summed E-state index contributed by atoms with van der Waals surface area (Å²) in [5.74, 6) is 4.94. The molecule has 1 aliphatic rings. The molecule has 1 saturated heterocycles. The van der Waals surface area contributed by atoms with Crippen LogP contribution in [0.15, 0.2) is 48.5 Å². The summed E-state index contributed by atoms with van der Waals surface area (Å²) in [7, 11) is -2.40. The molecule has 266 valence electrons. The van der Waals surface area contributed by atoms with Crippen molar-refractivity contribution in [3.8, 4) is 11.5 Å². The Morgan fingerprint density at radius 3 is 2.14 bits per heavy atom. The van der Waals surface area contributed by atoms with Crippen LogP contribution in [0, 0.1) is 0 Å². The minimum atomic E-state index is -3.72. The van der Waals surface area contributed by atoms with Crippen molar-refractivity contribution in [1.29, 1.82) is 0 Å². The Morgan fingerprint density at radius 2 is 1.57 bits per heavy atom. The Kier molecular flexibility index (Phi) is 11.2. The fraction of sp³-hybridized carbons (Fsp3) is 0.457. The molecule has 1 aliphatic heterocycles. The van der Waals surface area contributed by atoms with Crippen molar-refractivity contribution in [2.75, 3.05) is 62.4 Å². The fourth-order valence-corrected chi connectivity index (χ4v) is 5.96. The number of carbonyl (C=O) groups excluding carboxylic acids is 3. The molecule has 49 heavy (non-hydrogen) atoms. The summed E-state index contributed by atoms with van der Waals surface area (Å²) in [6, 6.07) is 13.5. The molecule has 1 fully saturated rings. The van der Waals surface area contributed by atoms with E-state index in [0.29, 0.717) is 66.4 Å². The number of hydrazine groups is 1. The molecule has 0 spiro atoms. The monoisotopic (exact) mass is 697 g/mol. The predicted molar refractivity (Wildman–Crippen MR) is 190 cm³/mol. The Hall–Kier alpha value is -4.40. The van der Waals surface area contributed by atoms with Crippen LogP contribution in [-0.4, -0.2) is 94.3 Å². The number of Topliss-reactive ketones (excluding diaryl/α,β-unsaturated/α-hetero) is 1. The second kappa shape index (κ2) is 14.6. The van der Waals surface area contributed by atoms with Crippen LogP contribution in [0.4, 0.5) is 16.2 Å². The van der Waals surface area contributed by atoms with Gasteiger partial charge in [0.05, 0.1) is 19.1 Å². The Labute approximate surface area is 288 Å². The van der Waals surface area contributed by atoms with E-state index in [9.17, 15) is 22.8 Å². The van der Waals surface area contributed by atoms with E-state index in [2.05, 4.69) is 9.62 Å². The van der Waals surface area contributed by atoms with E-state index in [1.807, 2.05) is 53.7 Å². The largest absolute Gasteiger partial charge is 0.492 e. The average Bonchev–Trinajstić information content (AvgIpc) is 3.01. The molecule has 3 aromatic rings. The molecule has 0 aromatic heterocycles. The minimum Gasteiger partial charge on any atom is -0.492 e. The molecule has 1 heterocycles. The van der Waals surface area contributed by atoms with Crippen molar-refractivity contribution in [3.63, 3.8) is 0 Å². The fourth-order valence-electron chi connectivity index (χ4n) is 5.41. The Bertz CT molecular complexity index is 1820. The lowest BCUT2D eigenvalue weighted by Gasteiger charge is -2.35. The lowest BCUT2D eigenvalue weighted by Crippen LogP contribution is -2.50. The molecule has 14 heteroatoms. The van der Waals surface area contributed by atoms with Crippen LogP contribution in [-0.2, 0) is 25.0 Å². The molecule has 0 radical (unpaired) electrons. The van der Waals surface area contributed by atoms with Gasteiger partial charge in [-0.2, -0.15) is 0 Å². The van der Waals surface area contributed by atoms with Crippen LogP contribution < -0.4 is 25.0 Å². The van der Waals surface area contributed by atoms with Crippen LogP contribution in [0.5, 0.6) is 11.5 Å². The number of sulfonamides is 1. The predicted octanol–water partition coefficient (Wildman–Crippen LogP) is 4.54. The van der Waals surface area contributed by atoms with Crippen molar-refractivity contribution in [1.82, 2.24) is 9.80 Å². The molecule has 0 unspecified atom stereocenters. The molecule has 3 N–H and O–H groups in total. The molecule has 0 bridgehead atoms. The van der Waals surface area contributed by atoms with Crippen LogP contribution in [0.2, 0.25) is 0 Å². The highest BCUT2D eigenvalue weighted by Gasteiger charge is 2.30. The maximum atomic E-state index is 13.7. The number of ether oxygens (including phenoxy) is 3. The van der Waals surface area contributed by atoms with Gasteiger partial charge in [-0.15, -0.1) is 0 Å². The molecule has 2 amide bonds. The van der Waals surface area contributed by atoms with E-state index in [-0.39, 0.29) is 28.8 Å². The second-order valence-corrected chi connectivity index (χ2v) is 15.8. The summed E-state index contributed by atoms with van der Waals surface area (Å²) in [5.41, 5.74) is -0.125. The maximum Gasteiger partial charge on any atom is 0.410 e. The third-order valence-corrected chi connectivity index (χ3v) is 8.52. The first kappa shape index (κ1) is 37.4. The van der Waals surface area contributed by atoms with Crippen molar-refractivity contribution < 1.29 is 37.0 Å². The maximum absolute atomic E-state index is 13.7. The molecule has 0 aliphatic carbocycles. The van der Waals surface area contributed by atoms with E-state index in [0.717, 1.165) is 6.26 Å². The lowest BCUT2D eigenvalue weighted by atomic mass is 9.86. The molecule has 4 rings (SSSR count). The van der Waals surface area contributed by atoms with E-state index in [1.165, 1.54) is 13.2 Å². The quantitative estimate of drug-likeness (QED) is 0.101. The van der Waals surface area contributed by atoms with E-state index >= 15 is 0 Å². The first-order chi connectivity index (χ1) is 22.8. The van der Waals surface area contributed by atoms with Gasteiger partial charge in [-0.25, -0.2) is 24.1 Å². The number of carbonyl (C=O) groups is 3. The molecular formula is C35H47N5O8S. The van der Waals surface area contributed by atoms with Crippen molar-refractivity contribution in [2.45, 2.75) is 52.6 Å². The Morgan fingerprint density at radius 1 is 0.939 bits per heavy atom. The van der Waals surface area contributed by atoms with Gasteiger partial charge in [0.1, 0.15) is 23.6 Å². The second-order valence-electron chi connectivity index (χ2n) is 14.0. The zero-order valence-electron chi connectivity index (χ0n) is 29.5. The minimum absolute atomic E-state index is 0.0121. The highest BCUT2D eigenvalue weighted by Crippen LogP contribution is 2.40. The normalized spacial score (nSPS) is 14.3.